The molecule has 8 heteroatoms. The minimum Gasteiger partial charge on any atom is -0.299 e. The Kier molecular flexibility index (Phi) is 7.67. The van der Waals surface area contributed by atoms with Crippen molar-refractivity contribution in [1.29, 1.82) is 0 Å². The summed E-state index contributed by atoms with van der Waals surface area (Å²) in [6, 6.07) is 10.3. The largest absolute Gasteiger partial charge is 0.328 e. The summed E-state index contributed by atoms with van der Waals surface area (Å²) in [7, 11) is 0. The van der Waals surface area contributed by atoms with Gasteiger partial charge in [-0.3, -0.25) is 14.1 Å². The van der Waals surface area contributed by atoms with E-state index in [9.17, 15) is 4.79 Å². The van der Waals surface area contributed by atoms with Crippen molar-refractivity contribution in [2.24, 2.45) is 5.92 Å². The van der Waals surface area contributed by atoms with Gasteiger partial charge in [0.1, 0.15) is 0 Å². The van der Waals surface area contributed by atoms with Crippen LogP contribution in [0.3, 0.4) is 0 Å². The number of pyridine rings is 1. The second-order valence-electron chi connectivity index (χ2n) is 9.19. The van der Waals surface area contributed by atoms with Crippen molar-refractivity contribution in [3.8, 4) is 22.5 Å². The number of nitrogens with one attached hydrogen (secondary N) is 1. The van der Waals surface area contributed by atoms with Gasteiger partial charge >= 0.3 is 5.69 Å². The van der Waals surface area contributed by atoms with Crippen LogP contribution in [0.25, 0.3) is 22.5 Å². The van der Waals surface area contributed by atoms with Gasteiger partial charge in [-0.05, 0) is 58.4 Å². The standard InChI is InChI=1S/C26H33N7O/c1-4-5-6-7-22-18-32(15-13-19(2)3)26(34)33(22)17-20-8-10-21(11-9-20)23-12-14-27-16-24(23)25-28-30-31-29-25/h8-12,14,16,18-19H,4-7,13,15,17H2,1-3H3,(H,28,29,30,31). The van der Waals surface area contributed by atoms with Crippen LogP contribution in [-0.2, 0) is 19.5 Å². The molecule has 0 saturated carbocycles. The van der Waals surface area contributed by atoms with Crippen molar-refractivity contribution in [1.82, 2.24) is 34.7 Å². The summed E-state index contributed by atoms with van der Waals surface area (Å²) in [6.07, 6.45) is 11.0. The molecule has 0 fully saturated rings. The van der Waals surface area contributed by atoms with Gasteiger partial charge in [-0.1, -0.05) is 57.9 Å². The Balaban J connectivity index is 1.58. The van der Waals surface area contributed by atoms with E-state index < -0.39 is 0 Å². The molecular formula is C26H33N7O. The molecule has 0 saturated heterocycles. The number of rotatable bonds is 11. The molecule has 1 aromatic carbocycles. The van der Waals surface area contributed by atoms with Crippen LogP contribution in [0.2, 0.25) is 0 Å². The van der Waals surface area contributed by atoms with Gasteiger partial charge in [0.25, 0.3) is 0 Å². The van der Waals surface area contributed by atoms with Crippen LogP contribution in [0.1, 0.15) is 57.7 Å². The molecule has 0 atom stereocenters. The molecule has 0 aliphatic heterocycles. The fourth-order valence-corrected chi connectivity index (χ4v) is 4.15. The van der Waals surface area contributed by atoms with Crippen molar-refractivity contribution < 1.29 is 0 Å². The van der Waals surface area contributed by atoms with Gasteiger partial charge in [-0.15, -0.1) is 5.10 Å². The number of H-pyrrole nitrogens is 1. The van der Waals surface area contributed by atoms with E-state index in [2.05, 4.69) is 76.8 Å². The Labute approximate surface area is 200 Å². The van der Waals surface area contributed by atoms with Crippen molar-refractivity contribution in [3.63, 3.8) is 0 Å². The summed E-state index contributed by atoms with van der Waals surface area (Å²) in [5.74, 6) is 1.15. The Morgan fingerprint density at radius 1 is 1.06 bits per heavy atom. The number of benzene rings is 1. The van der Waals surface area contributed by atoms with E-state index in [4.69, 9.17) is 0 Å². The number of imidazole rings is 1. The van der Waals surface area contributed by atoms with Crippen molar-refractivity contribution in [2.45, 2.75) is 66.0 Å². The van der Waals surface area contributed by atoms with E-state index in [1.165, 1.54) is 12.8 Å². The van der Waals surface area contributed by atoms with E-state index >= 15 is 0 Å². The first-order chi connectivity index (χ1) is 16.6. The lowest BCUT2D eigenvalue weighted by atomic mass is 10.00. The Morgan fingerprint density at radius 2 is 1.88 bits per heavy atom. The maximum Gasteiger partial charge on any atom is 0.328 e. The zero-order valence-corrected chi connectivity index (χ0v) is 20.2. The average Bonchev–Trinajstić information content (AvgIpc) is 3.48. The molecule has 3 heterocycles. The lowest BCUT2D eigenvalue weighted by Crippen LogP contribution is -2.26. The monoisotopic (exact) mass is 459 g/mol. The third-order valence-corrected chi connectivity index (χ3v) is 6.14. The molecule has 1 N–H and O–H groups in total. The molecule has 178 valence electrons. The number of hydrogen-bond donors (Lipinski definition) is 1. The topological polar surface area (TPSA) is 94.3 Å². The van der Waals surface area contributed by atoms with Crippen LogP contribution >= 0.6 is 0 Å². The number of aromatic amines is 1. The molecule has 0 amide bonds. The summed E-state index contributed by atoms with van der Waals surface area (Å²) in [5.41, 5.74) is 5.20. The predicted molar refractivity (Wildman–Crippen MR) is 133 cm³/mol. The SMILES string of the molecule is CCCCCc1cn(CCC(C)C)c(=O)n1Cc1ccc(-c2ccncc2-c2nnn[nH]2)cc1. The molecule has 4 aromatic rings. The van der Waals surface area contributed by atoms with Crippen LogP contribution in [-0.4, -0.2) is 34.7 Å². The van der Waals surface area contributed by atoms with E-state index in [0.717, 1.165) is 53.8 Å². The molecule has 0 unspecified atom stereocenters. The number of unbranched alkanes of at least 4 members (excludes halogenated alkanes) is 2. The van der Waals surface area contributed by atoms with Gasteiger partial charge in [0, 0.05) is 36.4 Å². The fraction of sp³-hybridized carbons (Fsp3) is 0.423. The molecule has 3 aromatic heterocycles. The number of nitrogens with zero attached hydrogens (tertiary/aromatic N) is 6. The average molecular weight is 460 g/mol. The Bertz CT molecular complexity index is 1240. The van der Waals surface area contributed by atoms with Gasteiger partial charge in [0.15, 0.2) is 5.82 Å². The first-order valence-corrected chi connectivity index (χ1v) is 12.1. The molecule has 4 rings (SSSR count). The van der Waals surface area contributed by atoms with Crippen LogP contribution in [0, 0.1) is 5.92 Å². The minimum absolute atomic E-state index is 0.0884. The number of hydrogen-bond acceptors (Lipinski definition) is 5. The summed E-state index contributed by atoms with van der Waals surface area (Å²) in [4.78, 5) is 17.4. The Hall–Kier alpha value is -3.55. The zero-order chi connectivity index (χ0) is 23.9. The summed E-state index contributed by atoms with van der Waals surface area (Å²) < 4.78 is 3.84. The number of aromatic nitrogens is 7. The predicted octanol–water partition coefficient (Wildman–Crippen LogP) is 4.72. The van der Waals surface area contributed by atoms with E-state index in [-0.39, 0.29) is 5.69 Å². The van der Waals surface area contributed by atoms with Gasteiger partial charge in [-0.2, -0.15) is 0 Å². The molecule has 34 heavy (non-hydrogen) atoms. The highest BCUT2D eigenvalue weighted by Crippen LogP contribution is 2.29. The highest BCUT2D eigenvalue weighted by atomic mass is 16.1. The Morgan fingerprint density at radius 3 is 2.59 bits per heavy atom. The third kappa shape index (κ3) is 5.50. The van der Waals surface area contributed by atoms with Crippen molar-refractivity contribution in [3.05, 3.63) is 70.7 Å². The summed E-state index contributed by atoms with van der Waals surface area (Å²) >= 11 is 0. The number of aryl methyl sites for hydroxylation is 2. The van der Waals surface area contributed by atoms with Crippen LogP contribution in [0.15, 0.2) is 53.7 Å². The molecule has 0 bridgehead atoms. The zero-order valence-electron chi connectivity index (χ0n) is 20.2. The minimum atomic E-state index is 0.0884. The second kappa shape index (κ2) is 11.0. The van der Waals surface area contributed by atoms with Crippen LogP contribution < -0.4 is 5.69 Å². The lowest BCUT2D eigenvalue weighted by Gasteiger charge is -2.10. The third-order valence-electron chi connectivity index (χ3n) is 6.14. The van der Waals surface area contributed by atoms with Gasteiger partial charge < -0.3 is 0 Å². The highest BCUT2D eigenvalue weighted by Gasteiger charge is 2.14. The van der Waals surface area contributed by atoms with Gasteiger partial charge in [0.2, 0.25) is 0 Å². The van der Waals surface area contributed by atoms with Crippen molar-refractivity contribution >= 4 is 0 Å². The second-order valence-corrected chi connectivity index (χ2v) is 9.19. The van der Waals surface area contributed by atoms with Crippen molar-refractivity contribution in [2.75, 3.05) is 0 Å². The van der Waals surface area contributed by atoms with E-state index in [0.29, 0.717) is 18.3 Å². The maximum atomic E-state index is 13.2. The maximum absolute atomic E-state index is 13.2. The van der Waals surface area contributed by atoms with Crippen LogP contribution in [0.4, 0.5) is 0 Å². The first-order valence-electron chi connectivity index (χ1n) is 12.1. The molecule has 0 aliphatic rings. The fourth-order valence-electron chi connectivity index (χ4n) is 4.15. The summed E-state index contributed by atoms with van der Waals surface area (Å²) in [5, 5.41) is 14.2. The molecular weight excluding hydrogens is 426 g/mol. The quantitative estimate of drug-likeness (QED) is 0.328. The summed E-state index contributed by atoms with van der Waals surface area (Å²) in [6.45, 7) is 7.93. The van der Waals surface area contributed by atoms with E-state index in [1.807, 2.05) is 15.2 Å². The molecule has 0 radical (unpaired) electrons. The highest BCUT2D eigenvalue weighted by molar-refractivity contribution is 5.79. The lowest BCUT2D eigenvalue weighted by molar-refractivity contribution is 0.502. The van der Waals surface area contributed by atoms with Gasteiger partial charge in [-0.25, -0.2) is 9.89 Å². The smallest absolute Gasteiger partial charge is 0.299 e. The molecule has 8 nitrogen and oxygen atoms in total. The van der Waals surface area contributed by atoms with Crippen LogP contribution in [0.5, 0.6) is 0 Å². The normalized spacial score (nSPS) is 11.4. The van der Waals surface area contributed by atoms with E-state index in [1.54, 1.807) is 12.4 Å². The molecule has 0 aliphatic carbocycles. The van der Waals surface area contributed by atoms with Gasteiger partial charge in [0.05, 0.1) is 6.54 Å². The molecule has 0 spiro atoms. The first kappa shape index (κ1) is 23.6. The number of tetrazole rings is 1.